The number of ether oxygens (including phenoxy) is 2. The van der Waals surface area contributed by atoms with Crippen LogP contribution in [-0.4, -0.2) is 37.9 Å². The molecule has 1 heterocycles. The maximum atomic E-state index is 5.71. The predicted molar refractivity (Wildman–Crippen MR) is 87.1 cm³/mol. The van der Waals surface area contributed by atoms with Crippen LogP contribution in [0, 0.1) is 6.92 Å². The molecule has 0 amide bonds. The molecule has 5 heteroatoms. The van der Waals surface area contributed by atoms with E-state index in [0.29, 0.717) is 19.3 Å². The zero-order valence-corrected chi connectivity index (χ0v) is 13.6. The van der Waals surface area contributed by atoms with Crippen molar-refractivity contribution in [3.63, 3.8) is 0 Å². The van der Waals surface area contributed by atoms with Gasteiger partial charge in [-0.25, -0.2) is 4.98 Å². The maximum Gasteiger partial charge on any atom is 0.123 e. The molecule has 1 unspecified atom stereocenters. The van der Waals surface area contributed by atoms with Crippen LogP contribution in [0.3, 0.4) is 0 Å². The topological polar surface area (TPSA) is 43.4 Å². The Morgan fingerprint density at radius 1 is 1.29 bits per heavy atom. The molecule has 114 valence electrons. The van der Waals surface area contributed by atoms with Crippen molar-refractivity contribution in [3.05, 3.63) is 35.3 Å². The average Bonchev–Trinajstić information content (AvgIpc) is 2.91. The largest absolute Gasteiger partial charge is 0.492 e. The summed E-state index contributed by atoms with van der Waals surface area (Å²) in [5.74, 6) is 0.883. The van der Waals surface area contributed by atoms with Gasteiger partial charge in [-0.2, -0.15) is 0 Å². The fourth-order valence-corrected chi connectivity index (χ4v) is 2.77. The summed E-state index contributed by atoms with van der Waals surface area (Å²) in [6.07, 6.45) is 0. The van der Waals surface area contributed by atoms with E-state index < -0.39 is 0 Å². The molecule has 4 nitrogen and oxygen atoms in total. The molecule has 2 aromatic rings. The summed E-state index contributed by atoms with van der Waals surface area (Å²) in [6, 6.07) is 8.42. The molecule has 1 aromatic heterocycles. The Bertz CT molecular complexity index is 539. The van der Waals surface area contributed by atoms with E-state index in [1.54, 1.807) is 18.4 Å². The van der Waals surface area contributed by atoms with Crippen LogP contribution in [0.15, 0.2) is 29.6 Å². The molecule has 0 fully saturated rings. The van der Waals surface area contributed by atoms with Crippen molar-refractivity contribution in [1.82, 2.24) is 10.3 Å². The highest BCUT2D eigenvalue weighted by atomic mass is 32.1. The van der Waals surface area contributed by atoms with Crippen LogP contribution in [0.5, 0.6) is 5.75 Å². The van der Waals surface area contributed by atoms with Crippen molar-refractivity contribution in [3.8, 4) is 16.3 Å². The second-order valence-corrected chi connectivity index (χ2v) is 5.84. The monoisotopic (exact) mass is 306 g/mol. The number of nitrogens with zero attached hydrogens (tertiary/aromatic N) is 1. The van der Waals surface area contributed by atoms with Gasteiger partial charge in [0.25, 0.3) is 0 Å². The van der Waals surface area contributed by atoms with Gasteiger partial charge < -0.3 is 14.8 Å². The summed E-state index contributed by atoms with van der Waals surface area (Å²) >= 11 is 1.66. The van der Waals surface area contributed by atoms with Crippen molar-refractivity contribution < 1.29 is 9.47 Å². The van der Waals surface area contributed by atoms with Gasteiger partial charge >= 0.3 is 0 Å². The van der Waals surface area contributed by atoms with Crippen molar-refractivity contribution in [1.29, 1.82) is 0 Å². The second kappa shape index (κ2) is 8.12. The number of methoxy groups -OCH3 is 1. The lowest BCUT2D eigenvalue weighted by molar-refractivity contribution is 0.169. The van der Waals surface area contributed by atoms with Crippen LogP contribution in [0.1, 0.15) is 12.6 Å². The Kier molecular flexibility index (Phi) is 6.17. The summed E-state index contributed by atoms with van der Waals surface area (Å²) in [4.78, 5) is 4.48. The second-order valence-electron chi connectivity index (χ2n) is 4.98. The lowest BCUT2D eigenvalue weighted by Gasteiger charge is -2.13. The summed E-state index contributed by atoms with van der Waals surface area (Å²) < 4.78 is 10.8. The maximum absolute atomic E-state index is 5.71. The Labute approximate surface area is 130 Å². The molecule has 0 aliphatic heterocycles. The molecular formula is C16H22N2O2S. The van der Waals surface area contributed by atoms with Crippen LogP contribution in [0.25, 0.3) is 10.6 Å². The number of aromatic nitrogens is 1. The van der Waals surface area contributed by atoms with Crippen LogP contribution in [-0.2, 0) is 4.74 Å². The van der Waals surface area contributed by atoms with Gasteiger partial charge in [0.05, 0.1) is 6.61 Å². The smallest absolute Gasteiger partial charge is 0.123 e. The first-order valence-electron chi connectivity index (χ1n) is 7.06. The highest BCUT2D eigenvalue weighted by Gasteiger charge is 2.03. The van der Waals surface area contributed by atoms with Gasteiger partial charge in [0, 0.05) is 36.3 Å². The lowest BCUT2D eigenvalue weighted by atomic mass is 10.2. The molecular weight excluding hydrogens is 284 g/mol. The van der Waals surface area contributed by atoms with E-state index in [-0.39, 0.29) is 0 Å². The van der Waals surface area contributed by atoms with E-state index in [1.165, 1.54) is 0 Å². The fraction of sp³-hybridized carbons (Fsp3) is 0.438. The van der Waals surface area contributed by atoms with E-state index in [2.05, 4.69) is 34.7 Å². The summed E-state index contributed by atoms with van der Waals surface area (Å²) in [5, 5.41) is 6.45. The fourth-order valence-electron chi connectivity index (χ4n) is 1.96. The quantitative estimate of drug-likeness (QED) is 0.761. The number of aryl methyl sites for hydroxylation is 1. The van der Waals surface area contributed by atoms with Gasteiger partial charge in [0.1, 0.15) is 17.4 Å². The molecule has 0 aliphatic carbocycles. The normalized spacial score (nSPS) is 12.3. The summed E-state index contributed by atoms with van der Waals surface area (Å²) in [5.41, 5.74) is 2.19. The molecule has 0 spiro atoms. The molecule has 1 aromatic carbocycles. The SMILES string of the molecule is COCC(C)NCCOc1ccc(-c2nc(C)cs2)cc1. The van der Waals surface area contributed by atoms with E-state index in [0.717, 1.165) is 28.6 Å². The minimum atomic E-state index is 0.342. The molecule has 0 saturated heterocycles. The zero-order chi connectivity index (χ0) is 15.1. The van der Waals surface area contributed by atoms with Gasteiger partial charge in [-0.1, -0.05) is 0 Å². The zero-order valence-electron chi connectivity index (χ0n) is 12.8. The van der Waals surface area contributed by atoms with Gasteiger partial charge in [-0.3, -0.25) is 0 Å². The highest BCUT2D eigenvalue weighted by Crippen LogP contribution is 2.25. The summed E-state index contributed by atoms with van der Waals surface area (Å²) in [6.45, 7) is 6.26. The van der Waals surface area contributed by atoms with E-state index in [4.69, 9.17) is 9.47 Å². The summed E-state index contributed by atoms with van der Waals surface area (Å²) in [7, 11) is 1.71. The van der Waals surface area contributed by atoms with Crippen LogP contribution >= 0.6 is 11.3 Å². The Balaban J connectivity index is 1.78. The highest BCUT2D eigenvalue weighted by molar-refractivity contribution is 7.13. The third-order valence-electron chi connectivity index (χ3n) is 3.00. The number of benzene rings is 1. The van der Waals surface area contributed by atoms with E-state index >= 15 is 0 Å². The number of nitrogens with one attached hydrogen (secondary N) is 1. The number of rotatable bonds is 8. The molecule has 1 atom stereocenters. The Morgan fingerprint density at radius 2 is 2.05 bits per heavy atom. The lowest BCUT2D eigenvalue weighted by Crippen LogP contribution is -2.33. The number of hydrogen-bond donors (Lipinski definition) is 1. The third-order valence-corrected chi connectivity index (χ3v) is 4.01. The molecule has 1 N–H and O–H groups in total. The molecule has 2 rings (SSSR count). The van der Waals surface area contributed by atoms with Crippen LogP contribution in [0.2, 0.25) is 0 Å². The number of thiazole rings is 1. The Hall–Kier alpha value is -1.43. The van der Waals surface area contributed by atoms with Crippen molar-refractivity contribution >= 4 is 11.3 Å². The first kappa shape index (κ1) is 15.9. The average molecular weight is 306 g/mol. The minimum absolute atomic E-state index is 0.342. The first-order valence-corrected chi connectivity index (χ1v) is 7.94. The van der Waals surface area contributed by atoms with Crippen molar-refractivity contribution in [2.24, 2.45) is 0 Å². The van der Waals surface area contributed by atoms with Crippen LogP contribution < -0.4 is 10.1 Å². The van der Waals surface area contributed by atoms with Gasteiger partial charge in [0.2, 0.25) is 0 Å². The standard InChI is InChI=1S/C16H22N2O2S/c1-12(10-19-3)17-8-9-20-15-6-4-14(5-7-15)16-18-13(2)11-21-16/h4-7,11-12,17H,8-10H2,1-3H3. The van der Waals surface area contributed by atoms with Gasteiger partial charge in [-0.05, 0) is 38.1 Å². The van der Waals surface area contributed by atoms with E-state index in [1.807, 2.05) is 19.1 Å². The van der Waals surface area contributed by atoms with Gasteiger partial charge in [0.15, 0.2) is 0 Å². The minimum Gasteiger partial charge on any atom is -0.492 e. The van der Waals surface area contributed by atoms with E-state index in [9.17, 15) is 0 Å². The van der Waals surface area contributed by atoms with Gasteiger partial charge in [-0.15, -0.1) is 11.3 Å². The third kappa shape index (κ3) is 5.12. The molecule has 0 aliphatic rings. The van der Waals surface area contributed by atoms with Crippen LogP contribution in [0.4, 0.5) is 0 Å². The predicted octanol–water partition coefficient (Wildman–Crippen LogP) is 3.12. The van der Waals surface area contributed by atoms with Crippen molar-refractivity contribution in [2.75, 3.05) is 26.9 Å². The molecule has 0 radical (unpaired) electrons. The molecule has 0 saturated carbocycles. The molecule has 21 heavy (non-hydrogen) atoms. The van der Waals surface area contributed by atoms with Crippen molar-refractivity contribution in [2.45, 2.75) is 19.9 Å². The molecule has 0 bridgehead atoms. The number of hydrogen-bond acceptors (Lipinski definition) is 5. The first-order chi connectivity index (χ1) is 10.2. The Morgan fingerprint density at radius 3 is 2.67 bits per heavy atom.